The number of rotatable bonds is 8. The Kier molecular flexibility index (Phi) is 9.23. The van der Waals surface area contributed by atoms with Gasteiger partial charge < -0.3 is 29.4 Å². The second-order valence-electron chi connectivity index (χ2n) is 11.9. The lowest BCUT2D eigenvalue weighted by Crippen LogP contribution is -2.56. The van der Waals surface area contributed by atoms with Crippen LogP contribution in [-0.4, -0.2) is 88.6 Å². The number of benzene rings is 2. The van der Waals surface area contributed by atoms with E-state index < -0.39 is 11.7 Å². The number of anilines is 1. The molecule has 1 N–H and O–H groups in total. The SMILES string of the molecule is CC(C)(Oc1cccc(N2CCCC(C(=O)N(Cc3ccc(Br)cc3Cl)C3CC3)C2)c1)C(=O)N1CCN(C(=O)O)CC1. The van der Waals surface area contributed by atoms with E-state index >= 15 is 0 Å². The zero-order valence-electron chi connectivity index (χ0n) is 24.1. The number of hydrogen-bond acceptors (Lipinski definition) is 5. The predicted molar refractivity (Wildman–Crippen MR) is 165 cm³/mol. The van der Waals surface area contributed by atoms with Crippen LogP contribution in [0, 0.1) is 5.92 Å². The standard InChI is InChI=1S/C31H38BrClN4O5/c1-31(2,29(39)34-13-15-35(16-14-34)30(40)41)42-26-7-3-6-25(18-26)36-12-4-5-22(19-36)28(38)37(24-10-11-24)20-21-8-9-23(32)17-27(21)33/h3,6-9,17-18,22,24H,4-5,10-16,19-20H2,1-2H3,(H,40,41). The summed E-state index contributed by atoms with van der Waals surface area (Å²) < 4.78 is 7.14. The number of carbonyl (C=O) groups is 3. The van der Waals surface area contributed by atoms with Gasteiger partial charge in [-0.25, -0.2) is 4.79 Å². The molecule has 1 saturated carbocycles. The number of piperazine rings is 1. The van der Waals surface area contributed by atoms with Gasteiger partial charge in [-0.15, -0.1) is 0 Å². The minimum Gasteiger partial charge on any atom is -0.478 e. The average Bonchev–Trinajstić information content (AvgIpc) is 3.81. The summed E-state index contributed by atoms with van der Waals surface area (Å²) in [6, 6.07) is 13.8. The highest BCUT2D eigenvalue weighted by Gasteiger charge is 2.39. The van der Waals surface area contributed by atoms with Crippen LogP contribution < -0.4 is 9.64 Å². The van der Waals surface area contributed by atoms with E-state index in [0.29, 0.717) is 37.0 Å². The van der Waals surface area contributed by atoms with Crippen molar-refractivity contribution in [2.24, 2.45) is 5.92 Å². The van der Waals surface area contributed by atoms with Gasteiger partial charge in [0.05, 0.1) is 5.92 Å². The number of halogens is 2. The third kappa shape index (κ3) is 7.14. The first-order valence-corrected chi connectivity index (χ1v) is 15.7. The zero-order valence-corrected chi connectivity index (χ0v) is 26.4. The molecule has 2 aromatic rings. The molecule has 0 aromatic heterocycles. The highest BCUT2D eigenvalue weighted by atomic mass is 79.9. The molecule has 2 aromatic carbocycles. The molecule has 2 aliphatic heterocycles. The van der Waals surface area contributed by atoms with Gasteiger partial charge >= 0.3 is 6.09 Å². The first-order valence-electron chi connectivity index (χ1n) is 14.6. The summed E-state index contributed by atoms with van der Waals surface area (Å²) in [6.45, 7) is 6.72. The van der Waals surface area contributed by atoms with E-state index in [2.05, 4.69) is 20.8 Å². The lowest BCUT2D eigenvalue weighted by Gasteiger charge is -2.38. The highest BCUT2D eigenvalue weighted by molar-refractivity contribution is 9.10. The zero-order chi connectivity index (χ0) is 30.0. The molecule has 42 heavy (non-hydrogen) atoms. The maximum atomic E-state index is 13.8. The molecule has 1 aliphatic carbocycles. The summed E-state index contributed by atoms with van der Waals surface area (Å²) in [5.74, 6) is 0.476. The Morgan fingerprint density at radius 2 is 1.74 bits per heavy atom. The van der Waals surface area contributed by atoms with Gasteiger partial charge in [-0.1, -0.05) is 39.7 Å². The topological polar surface area (TPSA) is 93.6 Å². The van der Waals surface area contributed by atoms with Gasteiger partial charge in [0.1, 0.15) is 5.75 Å². The molecule has 0 bridgehead atoms. The summed E-state index contributed by atoms with van der Waals surface area (Å²) in [5, 5.41) is 9.86. The number of piperidine rings is 1. The van der Waals surface area contributed by atoms with Gasteiger partial charge in [-0.3, -0.25) is 9.59 Å². The van der Waals surface area contributed by atoms with Crippen LogP contribution in [0.2, 0.25) is 5.02 Å². The van der Waals surface area contributed by atoms with Crippen LogP contribution in [-0.2, 0) is 16.1 Å². The minimum atomic E-state index is -1.12. The molecule has 3 amide bonds. The van der Waals surface area contributed by atoms with E-state index in [4.69, 9.17) is 16.3 Å². The van der Waals surface area contributed by atoms with Crippen LogP contribution in [0.5, 0.6) is 5.75 Å². The Morgan fingerprint density at radius 1 is 1.02 bits per heavy atom. The summed E-state index contributed by atoms with van der Waals surface area (Å²) >= 11 is 9.96. The minimum absolute atomic E-state index is 0.111. The summed E-state index contributed by atoms with van der Waals surface area (Å²) in [7, 11) is 0. The number of ether oxygens (including phenoxy) is 1. The van der Waals surface area contributed by atoms with Gasteiger partial charge in [0, 0.05) is 73.1 Å². The van der Waals surface area contributed by atoms with Crippen molar-refractivity contribution in [2.75, 3.05) is 44.2 Å². The molecule has 3 fully saturated rings. The Hall–Kier alpha value is -2.98. The summed E-state index contributed by atoms with van der Waals surface area (Å²) in [6.07, 6.45) is 2.84. The molecule has 2 saturated heterocycles. The van der Waals surface area contributed by atoms with Crippen LogP contribution in [0.1, 0.15) is 45.1 Å². The first-order chi connectivity index (χ1) is 20.0. The van der Waals surface area contributed by atoms with Gasteiger partial charge in [0.2, 0.25) is 5.91 Å². The number of carbonyl (C=O) groups excluding carboxylic acids is 2. The first kappa shape index (κ1) is 30.5. The molecule has 5 rings (SSSR count). The fourth-order valence-corrected chi connectivity index (χ4v) is 6.55. The van der Waals surface area contributed by atoms with Crippen molar-refractivity contribution in [1.82, 2.24) is 14.7 Å². The molecule has 11 heteroatoms. The van der Waals surface area contributed by atoms with Crippen molar-refractivity contribution >= 4 is 51.1 Å². The second kappa shape index (κ2) is 12.7. The predicted octanol–water partition coefficient (Wildman–Crippen LogP) is 5.49. The third-order valence-corrected chi connectivity index (χ3v) is 9.15. The van der Waals surface area contributed by atoms with E-state index in [-0.39, 0.29) is 36.9 Å². The van der Waals surface area contributed by atoms with E-state index in [1.54, 1.807) is 18.7 Å². The Morgan fingerprint density at radius 3 is 2.40 bits per heavy atom. The summed E-state index contributed by atoms with van der Waals surface area (Å²) in [5.41, 5.74) is 0.791. The van der Waals surface area contributed by atoms with Crippen LogP contribution in [0.4, 0.5) is 10.5 Å². The normalized spacial score (nSPS) is 19.4. The fraction of sp³-hybridized carbons (Fsp3) is 0.516. The molecule has 3 aliphatic rings. The third-order valence-electron chi connectivity index (χ3n) is 8.31. The number of nitrogens with zero attached hydrogens (tertiary/aromatic N) is 4. The van der Waals surface area contributed by atoms with Crippen molar-refractivity contribution in [3.63, 3.8) is 0 Å². The fourth-order valence-electron chi connectivity index (χ4n) is 5.82. The number of amides is 3. The summed E-state index contributed by atoms with van der Waals surface area (Å²) in [4.78, 5) is 45.5. The Balaban J connectivity index is 1.23. The second-order valence-corrected chi connectivity index (χ2v) is 13.2. The van der Waals surface area contributed by atoms with Crippen LogP contribution in [0.25, 0.3) is 0 Å². The van der Waals surface area contributed by atoms with Crippen molar-refractivity contribution in [2.45, 2.75) is 57.7 Å². The van der Waals surface area contributed by atoms with Gasteiger partial charge in [0.15, 0.2) is 5.60 Å². The Labute approximate surface area is 260 Å². The van der Waals surface area contributed by atoms with E-state index in [9.17, 15) is 19.5 Å². The van der Waals surface area contributed by atoms with Crippen LogP contribution in [0.3, 0.4) is 0 Å². The lowest BCUT2D eigenvalue weighted by atomic mass is 9.95. The highest BCUT2D eigenvalue weighted by Crippen LogP contribution is 2.35. The molecule has 0 spiro atoms. The van der Waals surface area contributed by atoms with Crippen molar-refractivity contribution in [1.29, 1.82) is 0 Å². The average molecular weight is 662 g/mol. The van der Waals surface area contributed by atoms with E-state index in [1.165, 1.54) is 4.90 Å². The van der Waals surface area contributed by atoms with Crippen molar-refractivity contribution < 1.29 is 24.2 Å². The van der Waals surface area contributed by atoms with Crippen LogP contribution >= 0.6 is 27.5 Å². The lowest BCUT2D eigenvalue weighted by molar-refractivity contribution is -0.147. The molecule has 2 heterocycles. The van der Waals surface area contributed by atoms with E-state index in [1.807, 2.05) is 47.4 Å². The molecule has 0 radical (unpaired) electrons. The molecule has 1 unspecified atom stereocenters. The van der Waals surface area contributed by atoms with E-state index in [0.717, 1.165) is 48.0 Å². The Bertz CT molecular complexity index is 1330. The molecular formula is C31H38BrClN4O5. The largest absolute Gasteiger partial charge is 0.478 e. The van der Waals surface area contributed by atoms with Gasteiger partial charge in [0.25, 0.3) is 5.91 Å². The smallest absolute Gasteiger partial charge is 0.407 e. The molecule has 9 nitrogen and oxygen atoms in total. The maximum absolute atomic E-state index is 13.8. The monoisotopic (exact) mass is 660 g/mol. The van der Waals surface area contributed by atoms with Crippen molar-refractivity contribution in [3.05, 3.63) is 57.5 Å². The van der Waals surface area contributed by atoms with Crippen molar-refractivity contribution in [3.8, 4) is 5.75 Å². The quantitative estimate of drug-likeness (QED) is 0.402. The van der Waals surface area contributed by atoms with Gasteiger partial charge in [-0.2, -0.15) is 0 Å². The number of hydrogen-bond donors (Lipinski definition) is 1. The van der Waals surface area contributed by atoms with Crippen LogP contribution in [0.15, 0.2) is 46.9 Å². The maximum Gasteiger partial charge on any atom is 0.407 e. The van der Waals surface area contributed by atoms with Gasteiger partial charge in [-0.05, 0) is 69.4 Å². The molecule has 1 atom stereocenters. The number of carboxylic acid groups (broad SMARTS) is 1. The molecular weight excluding hydrogens is 624 g/mol. The molecule has 226 valence electrons.